The van der Waals surface area contributed by atoms with Crippen LogP contribution in [-0.2, 0) is 11.3 Å². The lowest BCUT2D eigenvalue weighted by molar-refractivity contribution is -0.145. The first kappa shape index (κ1) is 16.3. The van der Waals surface area contributed by atoms with E-state index in [1.807, 2.05) is 6.07 Å². The molecule has 0 heterocycles. The molecule has 112 valence electrons. The van der Waals surface area contributed by atoms with E-state index >= 15 is 0 Å². The van der Waals surface area contributed by atoms with E-state index in [4.69, 9.17) is 14.6 Å². The molecule has 2 N–H and O–H groups in total. The maximum atomic E-state index is 11.1. The summed E-state index contributed by atoms with van der Waals surface area (Å²) in [6.07, 6.45) is 0.629. The summed E-state index contributed by atoms with van der Waals surface area (Å²) in [5, 5.41) is 12.4. The molecule has 0 saturated heterocycles. The average molecular weight is 281 g/mol. The number of carboxylic acids is 1. The van der Waals surface area contributed by atoms with E-state index in [1.54, 1.807) is 26.2 Å². The van der Waals surface area contributed by atoms with Crippen LogP contribution in [0.15, 0.2) is 18.2 Å². The number of benzene rings is 1. The smallest absolute Gasteiger partial charge is 0.344 e. The maximum Gasteiger partial charge on any atom is 0.344 e. The van der Waals surface area contributed by atoms with Gasteiger partial charge in [-0.25, -0.2) is 4.79 Å². The molecule has 1 aromatic carbocycles. The zero-order valence-corrected chi connectivity index (χ0v) is 12.3. The Morgan fingerprint density at radius 2 is 2.15 bits per heavy atom. The number of methoxy groups -OCH3 is 1. The van der Waals surface area contributed by atoms with Crippen LogP contribution in [0.3, 0.4) is 0 Å². The van der Waals surface area contributed by atoms with Crippen LogP contribution in [0.2, 0.25) is 0 Å². The summed E-state index contributed by atoms with van der Waals surface area (Å²) < 4.78 is 10.8. The first-order valence-electron chi connectivity index (χ1n) is 6.89. The third-order valence-electron chi connectivity index (χ3n) is 2.93. The zero-order valence-electron chi connectivity index (χ0n) is 12.3. The number of carbonyl (C=O) groups is 1. The van der Waals surface area contributed by atoms with Crippen molar-refractivity contribution in [2.75, 3.05) is 13.7 Å². The minimum Gasteiger partial charge on any atom is -0.497 e. The molecule has 0 aliphatic rings. The van der Waals surface area contributed by atoms with Gasteiger partial charge in [0.25, 0.3) is 0 Å². The Morgan fingerprint density at radius 1 is 1.40 bits per heavy atom. The summed E-state index contributed by atoms with van der Waals surface area (Å²) in [5.41, 5.74) is 0.900. The predicted molar refractivity (Wildman–Crippen MR) is 77.3 cm³/mol. The highest BCUT2D eigenvalue weighted by atomic mass is 16.5. The zero-order chi connectivity index (χ0) is 15.0. The summed E-state index contributed by atoms with van der Waals surface area (Å²) >= 11 is 0. The van der Waals surface area contributed by atoms with E-state index in [-0.39, 0.29) is 0 Å². The molecule has 0 aliphatic carbocycles. The highest BCUT2D eigenvalue weighted by Gasteiger charge is 2.18. The molecule has 0 aliphatic heterocycles. The molecule has 0 radical (unpaired) electrons. The highest BCUT2D eigenvalue weighted by molar-refractivity contribution is 5.72. The molecule has 5 nitrogen and oxygen atoms in total. The number of carboxylic acid groups (broad SMARTS) is 1. The Bertz CT molecular complexity index is 434. The quantitative estimate of drug-likeness (QED) is 0.680. The SMILES string of the molecule is CCCNCc1cc(OC)ccc1OC(CC)C(=O)O. The van der Waals surface area contributed by atoms with Crippen LogP contribution in [-0.4, -0.2) is 30.8 Å². The number of nitrogens with one attached hydrogen (secondary N) is 1. The minimum absolute atomic E-state index is 0.420. The van der Waals surface area contributed by atoms with Crippen LogP contribution >= 0.6 is 0 Å². The lowest BCUT2D eigenvalue weighted by atomic mass is 10.1. The number of hydrogen-bond donors (Lipinski definition) is 2. The lowest BCUT2D eigenvalue weighted by Gasteiger charge is -2.17. The van der Waals surface area contributed by atoms with Crippen molar-refractivity contribution in [3.05, 3.63) is 23.8 Å². The molecule has 20 heavy (non-hydrogen) atoms. The molecule has 5 heteroatoms. The van der Waals surface area contributed by atoms with E-state index in [0.717, 1.165) is 24.3 Å². The number of hydrogen-bond acceptors (Lipinski definition) is 4. The fourth-order valence-corrected chi connectivity index (χ4v) is 1.80. The number of rotatable bonds is 9. The second-order valence-electron chi connectivity index (χ2n) is 4.50. The molecule has 0 aromatic heterocycles. The van der Waals surface area contributed by atoms with Gasteiger partial charge in [0.05, 0.1) is 7.11 Å². The van der Waals surface area contributed by atoms with Crippen molar-refractivity contribution in [3.8, 4) is 11.5 Å². The molecule has 1 aromatic rings. The molecule has 0 saturated carbocycles. The van der Waals surface area contributed by atoms with Gasteiger partial charge in [-0.3, -0.25) is 0 Å². The monoisotopic (exact) mass is 281 g/mol. The molecule has 0 bridgehead atoms. The van der Waals surface area contributed by atoms with E-state index in [0.29, 0.717) is 18.7 Å². The van der Waals surface area contributed by atoms with E-state index in [9.17, 15) is 4.79 Å². The first-order chi connectivity index (χ1) is 9.62. The van der Waals surface area contributed by atoms with Crippen molar-refractivity contribution >= 4 is 5.97 Å². The Labute approximate surface area is 119 Å². The molecular weight excluding hydrogens is 258 g/mol. The van der Waals surface area contributed by atoms with Crippen LogP contribution in [0.25, 0.3) is 0 Å². The Hall–Kier alpha value is -1.75. The predicted octanol–water partition coefficient (Wildman–Crippen LogP) is 2.44. The van der Waals surface area contributed by atoms with Crippen molar-refractivity contribution in [2.24, 2.45) is 0 Å². The Balaban J connectivity index is 2.89. The van der Waals surface area contributed by atoms with Gasteiger partial charge in [-0.2, -0.15) is 0 Å². The van der Waals surface area contributed by atoms with Crippen molar-refractivity contribution in [3.63, 3.8) is 0 Å². The summed E-state index contributed by atoms with van der Waals surface area (Å²) in [6, 6.07) is 5.40. The van der Waals surface area contributed by atoms with E-state index in [1.165, 1.54) is 0 Å². The fraction of sp³-hybridized carbons (Fsp3) is 0.533. The molecule has 1 atom stereocenters. The molecular formula is C15H23NO4. The van der Waals surface area contributed by atoms with Gasteiger partial charge in [0.2, 0.25) is 0 Å². The van der Waals surface area contributed by atoms with Crippen molar-refractivity contribution in [2.45, 2.75) is 39.3 Å². The summed E-state index contributed by atoms with van der Waals surface area (Å²) in [6.45, 7) is 5.40. The third-order valence-corrected chi connectivity index (χ3v) is 2.93. The molecule has 1 rings (SSSR count). The first-order valence-corrected chi connectivity index (χ1v) is 6.89. The largest absolute Gasteiger partial charge is 0.497 e. The van der Waals surface area contributed by atoms with Crippen LogP contribution in [0.4, 0.5) is 0 Å². The number of ether oxygens (including phenoxy) is 2. The second kappa shape index (κ2) is 8.43. The van der Waals surface area contributed by atoms with Crippen LogP contribution in [0.5, 0.6) is 11.5 Å². The Morgan fingerprint density at radius 3 is 2.70 bits per heavy atom. The van der Waals surface area contributed by atoms with Crippen LogP contribution in [0.1, 0.15) is 32.3 Å². The van der Waals surface area contributed by atoms with Gasteiger partial charge in [-0.15, -0.1) is 0 Å². The topological polar surface area (TPSA) is 67.8 Å². The average Bonchev–Trinajstić information content (AvgIpc) is 2.45. The van der Waals surface area contributed by atoms with Gasteiger partial charge in [0, 0.05) is 12.1 Å². The molecule has 1 unspecified atom stereocenters. The van der Waals surface area contributed by atoms with Crippen molar-refractivity contribution in [1.82, 2.24) is 5.32 Å². The minimum atomic E-state index is -0.948. The van der Waals surface area contributed by atoms with Gasteiger partial charge in [0.1, 0.15) is 11.5 Å². The molecule has 0 spiro atoms. The van der Waals surface area contributed by atoms with Gasteiger partial charge in [-0.05, 0) is 37.6 Å². The summed E-state index contributed by atoms with van der Waals surface area (Å²) in [7, 11) is 1.60. The normalized spacial score (nSPS) is 11.9. The van der Waals surface area contributed by atoms with Crippen molar-refractivity contribution < 1.29 is 19.4 Å². The van der Waals surface area contributed by atoms with Gasteiger partial charge >= 0.3 is 5.97 Å². The van der Waals surface area contributed by atoms with E-state index < -0.39 is 12.1 Å². The van der Waals surface area contributed by atoms with Gasteiger partial charge in [-0.1, -0.05) is 13.8 Å². The second-order valence-corrected chi connectivity index (χ2v) is 4.50. The van der Waals surface area contributed by atoms with E-state index in [2.05, 4.69) is 12.2 Å². The fourth-order valence-electron chi connectivity index (χ4n) is 1.80. The summed E-state index contributed by atoms with van der Waals surface area (Å²) in [4.78, 5) is 11.1. The Kier molecular flexibility index (Phi) is 6.87. The summed E-state index contributed by atoms with van der Waals surface area (Å²) in [5.74, 6) is 0.369. The van der Waals surface area contributed by atoms with Crippen LogP contribution < -0.4 is 14.8 Å². The van der Waals surface area contributed by atoms with Gasteiger partial charge in [0.15, 0.2) is 6.10 Å². The highest BCUT2D eigenvalue weighted by Crippen LogP contribution is 2.25. The van der Waals surface area contributed by atoms with Crippen molar-refractivity contribution in [1.29, 1.82) is 0 Å². The van der Waals surface area contributed by atoms with Gasteiger partial charge < -0.3 is 19.9 Å². The lowest BCUT2D eigenvalue weighted by Crippen LogP contribution is -2.26. The molecule has 0 amide bonds. The maximum absolute atomic E-state index is 11.1. The van der Waals surface area contributed by atoms with Crippen LogP contribution in [0, 0.1) is 0 Å². The number of aliphatic carboxylic acids is 1. The molecule has 0 fully saturated rings. The standard InChI is InChI=1S/C15H23NO4/c1-4-8-16-10-11-9-12(19-3)6-7-14(11)20-13(5-2)15(17)18/h6-7,9,13,16H,4-5,8,10H2,1-3H3,(H,17,18). The third kappa shape index (κ3) is 4.74.